The number of rotatable bonds is 5. The van der Waals surface area contributed by atoms with Crippen molar-refractivity contribution < 1.29 is 15.0 Å². The molecule has 0 saturated carbocycles. The van der Waals surface area contributed by atoms with Crippen molar-refractivity contribution in [1.29, 1.82) is 0 Å². The molecule has 0 aromatic carbocycles. The molecule has 0 bridgehead atoms. The zero-order valence-electron chi connectivity index (χ0n) is 9.21. The Balaban J connectivity index is 2.55. The molecular formula is C10H13ClN2O3S. The van der Waals surface area contributed by atoms with Gasteiger partial charge in [-0.1, -0.05) is 23.4 Å². The van der Waals surface area contributed by atoms with Crippen LogP contribution in [0.25, 0.3) is 0 Å². The highest BCUT2D eigenvalue weighted by Gasteiger charge is 2.21. The minimum absolute atomic E-state index is 0.0206. The van der Waals surface area contributed by atoms with E-state index in [1.807, 2.05) is 0 Å². The first-order valence-electron chi connectivity index (χ1n) is 4.97. The summed E-state index contributed by atoms with van der Waals surface area (Å²) in [4.78, 5) is 18.1. The Morgan fingerprint density at radius 3 is 2.88 bits per heavy atom. The maximum absolute atomic E-state index is 10.7. The average Bonchev–Trinajstić information content (AvgIpc) is 2.28. The molecule has 0 spiro atoms. The number of thioether (sulfide) groups is 1. The molecule has 7 heteroatoms. The summed E-state index contributed by atoms with van der Waals surface area (Å²) in [5, 5.41) is 19.6. The van der Waals surface area contributed by atoms with Gasteiger partial charge < -0.3 is 10.2 Å². The molecule has 5 nitrogen and oxygen atoms in total. The number of halogens is 1. The van der Waals surface area contributed by atoms with Gasteiger partial charge in [-0.25, -0.2) is 9.97 Å². The van der Waals surface area contributed by atoms with Crippen LogP contribution in [0.5, 0.6) is 0 Å². The molecule has 0 aliphatic rings. The largest absolute Gasteiger partial charge is 0.390 e. The second kappa shape index (κ2) is 6.90. The van der Waals surface area contributed by atoms with E-state index in [0.29, 0.717) is 5.75 Å². The first-order chi connectivity index (χ1) is 8.02. The molecule has 0 saturated heterocycles. The fourth-order valence-corrected chi connectivity index (χ4v) is 2.06. The molecule has 1 heterocycles. The van der Waals surface area contributed by atoms with Crippen molar-refractivity contribution in [3.05, 3.63) is 23.2 Å². The van der Waals surface area contributed by atoms with Crippen LogP contribution >= 0.6 is 23.4 Å². The van der Waals surface area contributed by atoms with Crippen LogP contribution in [0.15, 0.2) is 12.5 Å². The van der Waals surface area contributed by atoms with E-state index in [9.17, 15) is 15.0 Å². The fourth-order valence-electron chi connectivity index (χ4n) is 1.21. The molecule has 2 atom stereocenters. The predicted octanol–water partition coefficient (Wildman–Crippen LogP) is 1.19. The van der Waals surface area contributed by atoms with Crippen LogP contribution in [0.4, 0.5) is 0 Å². The van der Waals surface area contributed by atoms with E-state index in [-0.39, 0.29) is 22.3 Å². The lowest BCUT2D eigenvalue weighted by atomic mass is 10.1. The molecule has 1 aromatic heterocycles. The molecule has 0 fully saturated rings. The van der Waals surface area contributed by atoms with Gasteiger partial charge in [-0.05, 0) is 6.42 Å². The third-order valence-corrected chi connectivity index (χ3v) is 3.25. The minimum atomic E-state index is -1.14. The van der Waals surface area contributed by atoms with Crippen LogP contribution in [0.1, 0.15) is 25.0 Å². The molecule has 2 unspecified atom stereocenters. The van der Waals surface area contributed by atoms with Crippen LogP contribution in [0.3, 0.4) is 0 Å². The predicted molar refractivity (Wildman–Crippen MR) is 65.8 cm³/mol. The first kappa shape index (κ1) is 14.4. The number of aromatic nitrogens is 2. The summed E-state index contributed by atoms with van der Waals surface area (Å²) in [5.41, 5.74) is 0.287. The first-order valence-corrected chi connectivity index (χ1v) is 6.33. The summed E-state index contributed by atoms with van der Waals surface area (Å²) in [6.45, 7) is 1.45. The Kier molecular flexibility index (Phi) is 5.84. The smallest absolute Gasteiger partial charge is 0.185 e. The van der Waals surface area contributed by atoms with Crippen molar-refractivity contribution in [3.8, 4) is 0 Å². The zero-order valence-corrected chi connectivity index (χ0v) is 10.8. The second-order valence-corrected chi connectivity index (χ2v) is 5.04. The van der Waals surface area contributed by atoms with Crippen molar-refractivity contribution in [2.24, 2.45) is 0 Å². The van der Waals surface area contributed by atoms with Gasteiger partial charge in [-0.2, -0.15) is 0 Å². The SMILES string of the molecule is CC(=O)SCCC(O)C(O)c1cncnc1Cl. The van der Waals surface area contributed by atoms with Gasteiger partial charge in [-0.3, -0.25) is 4.79 Å². The normalized spacial score (nSPS) is 14.4. The van der Waals surface area contributed by atoms with Gasteiger partial charge >= 0.3 is 0 Å². The third-order valence-electron chi connectivity index (χ3n) is 2.09. The van der Waals surface area contributed by atoms with Crippen molar-refractivity contribution in [3.63, 3.8) is 0 Å². The van der Waals surface area contributed by atoms with E-state index in [4.69, 9.17) is 11.6 Å². The van der Waals surface area contributed by atoms with Gasteiger partial charge in [-0.15, -0.1) is 0 Å². The number of aliphatic hydroxyl groups excluding tert-OH is 2. The Hall–Kier alpha value is -0.690. The quantitative estimate of drug-likeness (QED) is 0.786. The van der Waals surface area contributed by atoms with Crippen molar-refractivity contribution in [2.45, 2.75) is 25.6 Å². The van der Waals surface area contributed by atoms with Gasteiger partial charge in [0.2, 0.25) is 0 Å². The van der Waals surface area contributed by atoms with Crippen molar-refractivity contribution >= 4 is 28.5 Å². The maximum Gasteiger partial charge on any atom is 0.185 e. The number of hydrogen-bond acceptors (Lipinski definition) is 6. The summed E-state index contributed by atoms with van der Waals surface area (Å²) < 4.78 is 0. The van der Waals surface area contributed by atoms with E-state index in [1.54, 1.807) is 0 Å². The highest BCUT2D eigenvalue weighted by Crippen LogP contribution is 2.24. The van der Waals surface area contributed by atoms with Crippen molar-refractivity contribution in [2.75, 3.05) is 5.75 Å². The second-order valence-electron chi connectivity index (χ2n) is 3.41. The van der Waals surface area contributed by atoms with E-state index in [1.165, 1.54) is 19.4 Å². The van der Waals surface area contributed by atoms with E-state index < -0.39 is 12.2 Å². The fraction of sp³-hybridized carbons (Fsp3) is 0.500. The van der Waals surface area contributed by atoms with E-state index >= 15 is 0 Å². The molecule has 2 N–H and O–H groups in total. The van der Waals surface area contributed by atoms with Gasteiger partial charge in [0.15, 0.2) is 5.12 Å². The summed E-state index contributed by atoms with van der Waals surface area (Å²) in [6, 6.07) is 0. The monoisotopic (exact) mass is 276 g/mol. The molecule has 1 rings (SSSR count). The lowest BCUT2D eigenvalue weighted by Crippen LogP contribution is -2.20. The molecule has 0 aliphatic heterocycles. The number of hydrogen-bond donors (Lipinski definition) is 2. The highest BCUT2D eigenvalue weighted by molar-refractivity contribution is 8.13. The van der Waals surface area contributed by atoms with Gasteiger partial charge in [0.05, 0.1) is 6.10 Å². The number of carbonyl (C=O) groups is 1. The van der Waals surface area contributed by atoms with E-state index in [0.717, 1.165) is 11.8 Å². The highest BCUT2D eigenvalue weighted by atomic mass is 35.5. The van der Waals surface area contributed by atoms with Gasteiger partial charge in [0.1, 0.15) is 17.6 Å². The summed E-state index contributed by atoms with van der Waals surface area (Å²) in [5.74, 6) is 0.443. The number of nitrogens with zero attached hydrogens (tertiary/aromatic N) is 2. The van der Waals surface area contributed by atoms with Gasteiger partial charge in [0, 0.05) is 24.4 Å². The van der Waals surface area contributed by atoms with Crippen LogP contribution < -0.4 is 0 Å². The number of carbonyl (C=O) groups excluding carboxylic acids is 1. The summed E-state index contributed by atoms with van der Waals surface area (Å²) in [7, 11) is 0. The molecule has 0 amide bonds. The van der Waals surface area contributed by atoms with Crippen LogP contribution in [-0.2, 0) is 4.79 Å². The topological polar surface area (TPSA) is 83.3 Å². The Bertz CT molecular complexity index is 392. The molecule has 1 aromatic rings. The lowest BCUT2D eigenvalue weighted by molar-refractivity contribution is -0.109. The lowest BCUT2D eigenvalue weighted by Gasteiger charge is -2.17. The summed E-state index contributed by atoms with van der Waals surface area (Å²) in [6.07, 6.45) is 0.774. The Morgan fingerprint density at radius 1 is 1.59 bits per heavy atom. The van der Waals surface area contributed by atoms with E-state index in [2.05, 4.69) is 9.97 Å². The minimum Gasteiger partial charge on any atom is -0.390 e. The molecule has 0 aliphatic carbocycles. The number of aliphatic hydroxyl groups is 2. The zero-order chi connectivity index (χ0) is 12.8. The maximum atomic E-state index is 10.7. The molecule has 94 valence electrons. The van der Waals surface area contributed by atoms with Crippen LogP contribution in [0, 0.1) is 0 Å². The Labute approximate surface area is 108 Å². The van der Waals surface area contributed by atoms with Crippen LogP contribution in [0.2, 0.25) is 5.15 Å². The Morgan fingerprint density at radius 2 is 2.29 bits per heavy atom. The van der Waals surface area contributed by atoms with Crippen LogP contribution in [-0.4, -0.2) is 37.2 Å². The molecule has 17 heavy (non-hydrogen) atoms. The molecule has 0 radical (unpaired) electrons. The third kappa shape index (κ3) is 4.59. The standard InChI is InChI=1S/C10H13ClN2O3S/c1-6(14)17-3-2-8(15)9(16)7-4-12-5-13-10(7)11/h4-5,8-9,15-16H,2-3H2,1H3. The van der Waals surface area contributed by atoms with Gasteiger partial charge in [0.25, 0.3) is 0 Å². The molecular weight excluding hydrogens is 264 g/mol. The van der Waals surface area contributed by atoms with Crippen molar-refractivity contribution in [1.82, 2.24) is 9.97 Å². The summed E-state index contributed by atoms with van der Waals surface area (Å²) >= 11 is 6.87. The average molecular weight is 277 g/mol.